The number of hydrogen-bond donors (Lipinski definition) is 2. The van der Waals surface area contributed by atoms with Crippen LogP contribution in [0.15, 0.2) is 24.3 Å². The molecule has 24 heavy (non-hydrogen) atoms. The Morgan fingerprint density at radius 1 is 1.12 bits per heavy atom. The lowest BCUT2D eigenvalue weighted by Crippen LogP contribution is -2.62. The van der Waals surface area contributed by atoms with E-state index in [9.17, 15) is 15.3 Å². The Balaban J connectivity index is 2.81. The maximum Gasteiger partial charge on any atom is 0.488 e. The van der Waals surface area contributed by atoms with Crippen molar-refractivity contribution in [2.75, 3.05) is 13.1 Å². The van der Waals surface area contributed by atoms with E-state index in [0.717, 1.165) is 18.7 Å². The lowest BCUT2D eigenvalue weighted by atomic mass is 9.64. The van der Waals surface area contributed by atoms with E-state index in [1.807, 2.05) is 39.8 Å². The normalized spacial score (nSPS) is 26.1. The Morgan fingerprint density at radius 2 is 1.67 bits per heavy atom. The van der Waals surface area contributed by atoms with Crippen LogP contribution < -0.4 is 5.46 Å². The fourth-order valence-electron chi connectivity index (χ4n) is 4.79. The summed E-state index contributed by atoms with van der Waals surface area (Å²) < 4.78 is 0. The standard InChI is InChI=1S/C18H30BN2O3/c1-7-20(8-2)18(13-16(3,4)21(24)17(18,5)6)14-11-9-10-12-15(14)19(22)23/h9-12,22-23H,7-8,13H2,1-6H3. The fourth-order valence-corrected chi connectivity index (χ4v) is 4.79. The summed E-state index contributed by atoms with van der Waals surface area (Å²) in [6, 6.07) is 7.38. The lowest BCUT2D eigenvalue weighted by molar-refractivity contribution is -0.256. The van der Waals surface area contributed by atoms with Crippen LogP contribution in [0.1, 0.15) is 53.5 Å². The summed E-state index contributed by atoms with van der Waals surface area (Å²) in [4.78, 5) is 2.29. The van der Waals surface area contributed by atoms with Crippen molar-refractivity contribution in [2.24, 2.45) is 0 Å². The Kier molecular flexibility index (Phi) is 5.20. The number of nitrogens with zero attached hydrogens (tertiary/aromatic N) is 2. The third-order valence-electron chi connectivity index (χ3n) is 5.75. The molecule has 1 atom stereocenters. The minimum atomic E-state index is -1.56. The number of hydrogen-bond acceptors (Lipinski definition) is 4. The van der Waals surface area contributed by atoms with Crippen molar-refractivity contribution in [2.45, 2.75) is 64.6 Å². The van der Waals surface area contributed by atoms with Gasteiger partial charge in [0.05, 0.1) is 11.1 Å². The van der Waals surface area contributed by atoms with Crippen molar-refractivity contribution in [3.8, 4) is 0 Å². The van der Waals surface area contributed by atoms with Gasteiger partial charge in [0, 0.05) is 5.54 Å². The van der Waals surface area contributed by atoms with Gasteiger partial charge in [-0.25, -0.2) is 0 Å². The molecule has 0 bridgehead atoms. The molecule has 1 aliphatic heterocycles. The fraction of sp³-hybridized carbons (Fsp3) is 0.667. The van der Waals surface area contributed by atoms with Crippen LogP contribution >= 0.6 is 0 Å². The number of likely N-dealkylation sites (N-methyl/N-ethyl adjacent to an activating group) is 1. The molecule has 6 heteroatoms. The predicted molar refractivity (Wildman–Crippen MR) is 96.2 cm³/mol. The molecular weight excluding hydrogens is 303 g/mol. The van der Waals surface area contributed by atoms with E-state index in [2.05, 4.69) is 18.7 Å². The zero-order valence-electron chi connectivity index (χ0n) is 15.7. The first-order valence-electron chi connectivity index (χ1n) is 8.74. The van der Waals surface area contributed by atoms with Crippen molar-refractivity contribution >= 4 is 12.6 Å². The molecule has 0 saturated carbocycles. The van der Waals surface area contributed by atoms with Gasteiger partial charge in [0.1, 0.15) is 0 Å². The largest absolute Gasteiger partial charge is 0.488 e. The Bertz CT molecular complexity index is 587. The van der Waals surface area contributed by atoms with Gasteiger partial charge in [-0.05, 0) is 58.2 Å². The van der Waals surface area contributed by atoms with Crippen LogP contribution in [0.25, 0.3) is 0 Å². The van der Waals surface area contributed by atoms with E-state index < -0.39 is 23.7 Å². The van der Waals surface area contributed by atoms with Gasteiger partial charge in [-0.1, -0.05) is 38.1 Å². The molecule has 1 saturated heterocycles. The predicted octanol–water partition coefficient (Wildman–Crippen LogP) is 1.51. The van der Waals surface area contributed by atoms with Gasteiger partial charge in [0.15, 0.2) is 0 Å². The van der Waals surface area contributed by atoms with Crippen molar-refractivity contribution in [3.05, 3.63) is 29.8 Å². The molecule has 0 aliphatic carbocycles. The van der Waals surface area contributed by atoms with Gasteiger partial charge < -0.3 is 10.0 Å². The third kappa shape index (κ3) is 2.61. The summed E-state index contributed by atoms with van der Waals surface area (Å²) in [5.41, 5.74) is -0.543. The molecule has 1 unspecified atom stereocenters. The van der Waals surface area contributed by atoms with Gasteiger partial charge in [0.2, 0.25) is 0 Å². The Morgan fingerprint density at radius 3 is 2.08 bits per heavy atom. The number of rotatable bonds is 5. The van der Waals surface area contributed by atoms with Gasteiger partial charge in [0.25, 0.3) is 0 Å². The average Bonchev–Trinajstić information content (AvgIpc) is 2.67. The Labute approximate surface area is 146 Å². The molecular formula is C18H30BN2O3. The first-order chi connectivity index (χ1) is 11.1. The highest BCUT2D eigenvalue weighted by Gasteiger charge is 2.65. The van der Waals surface area contributed by atoms with Crippen molar-refractivity contribution in [1.29, 1.82) is 0 Å². The second-order valence-corrected chi connectivity index (χ2v) is 7.84. The summed E-state index contributed by atoms with van der Waals surface area (Å²) in [6.07, 6.45) is 0.627. The van der Waals surface area contributed by atoms with Gasteiger partial charge >= 0.3 is 7.12 Å². The van der Waals surface area contributed by atoms with Crippen LogP contribution in [0, 0.1) is 0 Å². The molecule has 1 radical (unpaired) electrons. The maximum absolute atomic E-state index is 13.1. The molecule has 1 aromatic rings. The highest BCUT2D eigenvalue weighted by Crippen LogP contribution is 2.55. The second-order valence-electron chi connectivity index (χ2n) is 7.84. The summed E-state index contributed by atoms with van der Waals surface area (Å²) in [5, 5.41) is 34.1. The molecule has 2 N–H and O–H groups in total. The second kappa shape index (κ2) is 6.43. The van der Waals surface area contributed by atoms with E-state index in [4.69, 9.17) is 0 Å². The first-order valence-corrected chi connectivity index (χ1v) is 8.74. The minimum absolute atomic E-state index is 0.476. The highest BCUT2D eigenvalue weighted by molar-refractivity contribution is 6.59. The molecule has 5 nitrogen and oxygen atoms in total. The zero-order chi connectivity index (χ0) is 18.3. The van der Waals surface area contributed by atoms with Crippen LogP contribution in [-0.4, -0.2) is 51.3 Å². The molecule has 1 aromatic carbocycles. The Hall–Kier alpha value is -0.915. The van der Waals surface area contributed by atoms with Crippen LogP contribution in [0.4, 0.5) is 0 Å². The van der Waals surface area contributed by atoms with Crippen molar-refractivity contribution in [1.82, 2.24) is 9.96 Å². The van der Waals surface area contributed by atoms with Crippen LogP contribution in [-0.2, 0) is 10.7 Å². The molecule has 1 aliphatic rings. The summed E-state index contributed by atoms with van der Waals surface area (Å²) in [6.45, 7) is 13.6. The number of benzene rings is 1. The molecule has 133 valence electrons. The third-order valence-corrected chi connectivity index (χ3v) is 5.75. The topological polar surface area (TPSA) is 66.8 Å². The SMILES string of the molecule is CCN(CC)C1(c2ccccc2B(O)O)CC(C)(C)N([O])C1(C)C. The molecule has 2 rings (SSSR count). The molecule has 1 heterocycles. The first kappa shape index (κ1) is 19.4. The zero-order valence-corrected chi connectivity index (χ0v) is 15.7. The lowest BCUT2D eigenvalue weighted by Gasteiger charge is -2.50. The van der Waals surface area contributed by atoms with E-state index in [-0.39, 0.29) is 0 Å². The highest BCUT2D eigenvalue weighted by atomic mass is 16.5. The minimum Gasteiger partial charge on any atom is -0.423 e. The van der Waals surface area contributed by atoms with E-state index >= 15 is 0 Å². The summed E-state index contributed by atoms with van der Waals surface area (Å²) in [7, 11) is -1.56. The van der Waals surface area contributed by atoms with E-state index in [1.165, 1.54) is 5.06 Å². The molecule has 0 amide bonds. The van der Waals surface area contributed by atoms with Gasteiger partial charge in [-0.2, -0.15) is 0 Å². The van der Waals surface area contributed by atoms with Crippen LogP contribution in [0.3, 0.4) is 0 Å². The molecule has 0 spiro atoms. The summed E-state index contributed by atoms with van der Waals surface area (Å²) >= 11 is 0. The van der Waals surface area contributed by atoms with Gasteiger partial charge in [-0.3, -0.25) is 4.90 Å². The maximum atomic E-state index is 13.1. The smallest absolute Gasteiger partial charge is 0.423 e. The summed E-state index contributed by atoms with van der Waals surface area (Å²) in [5.74, 6) is 0. The van der Waals surface area contributed by atoms with Gasteiger partial charge in [-0.15, -0.1) is 10.3 Å². The molecule has 1 fully saturated rings. The van der Waals surface area contributed by atoms with Crippen LogP contribution in [0.5, 0.6) is 0 Å². The average molecular weight is 333 g/mol. The monoisotopic (exact) mass is 333 g/mol. The van der Waals surface area contributed by atoms with E-state index in [0.29, 0.717) is 11.9 Å². The van der Waals surface area contributed by atoms with Crippen molar-refractivity contribution < 1.29 is 15.3 Å². The van der Waals surface area contributed by atoms with Crippen molar-refractivity contribution in [3.63, 3.8) is 0 Å². The number of hydroxylamine groups is 2. The quantitative estimate of drug-likeness (QED) is 0.802. The molecule has 0 aromatic heterocycles. The van der Waals surface area contributed by atoms with Crippen LogP contribution in [0.2, 0.25) is 0 Å². The van der Waals surface area contributed by atoms with E-state index in [1.54, 1.807) is 12.1 Å².